The number of nitriles is 1. The lowest BCUT2D eigenvalue weighted by Gasteiger charge is -2.06. The van der Waals surface area contributed by atoms with Gasteiger partial charge in [0, 0.05) is 19.5 Å². The Morgan fingerprint density at radius 2 is 2.18 bits per heavy atom. The van der Waals surface area contributed by atoms with Gasteiger partial charge in [-0.3, -0.25) is 0 Å². The summed E-state index contributed by atoms with van der Waals surface area (Å²) in [4.78, 5) is 0. The molecule has 1 aromatic carbocycles. The van der Waals surface area contributed by atoms with Crippen LogP contribution < -0.4 is 4.74 Å². The molecule has 0 spiro atoms. The normalized spacial score (nSPS) is 9.88. The summed E-state index contributed by atoms with van der Waals surface area (Å²) in [5.41, 5.74) is 0.634. The highest BCUT2D eigenvalue weighted by Gasteiger charge is 1.96. The number of methoxy groups -OCH3 is 1. The topological polar surface area (TPSA) is 42.2 Å². The van der Waals surface area contributed by atoms with Crippen LogP contribution in [-0.2, 0) is 4.74 Å². The Morgan fingerprint density at radius 1 is 1.29 bits per heavy atom. The van der Waals surface area contributed by atoms with Crippen LogP contribution >= 0.6 is 11.8 Å². The number of benzene rings is 1. The van der Waals surface area contributed by atoms with Gasteiger partial charge in [0.05, 0.1) is 18.2 Å². The second kappa shape index (κ2) is 8.91. The highest BCUT2D eigenvalue weighted by atomic mass is 32.2. The lowest BCUT2D eigenvalue weighted by atomic mass is 10.2. The molecule has 0 unspecified atom stereocenters. The fraction of sp³-hybridized carbons (Fsp3) is 0.462. The summed E-state index contributed by atoms with van der Waals surface area (Å²) in [6.07, 6.45) is 1.07. The summed E-state index contributed by atoms with van der Waals surface area (Å²) in [6, 6.07) is 9.33. The van der Waals surface area contributed by atoms with Gasteiger partial charge < -0.3 is 9.47 Å². The molecule has 1 rings (SSSR count). The van der Waals surface area contributed by atoms with E-state index in [1.807, 2.05) is 23.9 Å². The maximum Gasteiger partial charge on any atom is 0.120 e. The van der Waals surface area contributed by atoms with Crippen LogP contribution in [0.15, 0.2) is 24.3 Å². The van der Waals surface area contributed by atoms with Gasteiger partial charge in [-0.25, -0.2) is 0 Å². The molecule has 0 aromatic heterocycles. The summed E-state index contributed by atoms with van der Waals surface area (Å²) >= 11 is 1.85. The minimum absolute atomic E-state index is 0.634. The first kappa shape index (κ1) is 13.9. The van der Waals surface area contributed by atoms with Gasteiger partial charge in [-0.2, -0.15) is 17.0 Å². The lowest BCUT2D eigenvalue weighted by Crippen LogP contribution is -2.01. The van der Waals surface area contributed by atoms with Crippen LogP contribution in [0.2, 0.25) is 0 Å². The molecule has 0 heterocycles. The van der Waals surface area contributed by atoms with Gasteiger partial charge in [0.1, 0.15) is 5.75 Å². The molecule has 0 fully saturated rings. The van der Waals surface area contributed by atoms with Gasteiger partial charge >= 0.3 is 0 Å². The van der Waals surface area contributed by atoms with Crippen molar-refractivity contribution in [2.75, 3.05) is 31.8 Å². The molecule has 0 radical (unpaired) electrons. The molecule has 17 heavy (non-hydrogen) atoms. The Kier molecular flexibility index (Phi) is 7.28. The highest BCUT2D eigenvalue weighted by Crippen LogP contribution is 2.13. The van der Waals surface area contributed by atoms with E-state index >= 15 is 0 Å². The first-order valence-corrected chi connectivity index (χ1v) is 6.72. The van der Waals surface area contributed by atoms with E-state index in [-0.39, 0.29) is 0 Å². The molecular weight excluding hydrogens is 234 g/mol. The number of rotatable bonds is 8. The fourth-order valence-corrected chi connectivity index (χ4v) is 2.01. The van der Waals surface area contributed by atoms with Crippen molar-refractivity contribution in [3.63, 3.8) is 0 Å². The molecule has 92 valence electrons. The second-order valence-corrected chi connectivity index (χ2v) is 4.67. The van der Waals surface area contributed by atoms with Crippen molar-refractivity contribution in [2.45, 2.75) is 6.42 Å². The fourth-order valence-electron chi connectivity index (χ4n) is 1.28. The van der Waals surface area contributed by atoms with E-state index in [4.69, 9.17) is 14.7 Å². The molecule has 0 saturated carbocycles. The van der Waals surface area contributed by atoms with Crippen molar-refractivity contribution in [1.29, 1.82) is 5.26 Å². The molecule has 0 amide bonds. The predicted octanol–water partition coefficient (Wildman–Crippen LogP) is 2.71. The quantitative estimate of drug-likeness (QED) is 0.666. The van der Waals surface area contributed by atoms with Gasteiger partial charge in [-0.05, 0) is 30.4 Å². The van der Waals surface area contributed by atoms with Crippen LogP contribution in [0.25, 0.3) is 0 Å². The van der Waals surface area contributed by atoms with Crippen molar-refractivity contribution in [3.8, 4) is 11.8 Å². The van der Waals surface area contributed by atoms with Crippen LogP contribution in [0.5, 0.6) is 5.75 Å². The Hall–Kier alpha value is -1.18. The summed E-state index contributed by atoms with van der Waals surface area (Å²) in [6.45, 7) is 1.49. The van der Waals surface area contributed by atoms with Gasteiger partial charge in [-0.15, -0.1) is 0 Å². The van der Waals surface area contributed by atoms with Crippen LogP contribution in [-0.4, -0.2) is 31.8 Å². The van der Waals surface area contributed by atoms with Crippen molar-refractivity contribution < 1.29 is 9.47 Å². The Balaban J connectivity index is 2.12. The number of hydrogen-bond donors (Lipinski definition) is 0. The predicted molar refractivity (Wildman–Crippen MR) is 70.5 cm³/mol. The van der Waals surface area contributed by atoms with Crippen LogP contribution in [0.1, 0.15) is 12.0 Å². The van der Waals surface area contributed by atoms with Crippen LogP contribution in [0, 0.1) is 11.3 Å². The van der Waals surface area contributed by atoms with Crippen molar-refractivity contribution in [1.82, 2.24) is 0 Å². The number of thioether (sulfide) groups is 1. The van der Waals surface area contributed by atoms with E-state index in [0.717, 1.165) is 30.3 Å². The van der Waals surface area contributed by atoms with Crippen molar-refractivity contribution in [2.24, 2.45) is 0 Å². The lowest BCUT2D eigenvalue weighted by molar-refractivity contribution is 0.200. The first-order valence-electron chi connectivity index (χ1n) is 5.56. The zero-order valence-corrected chi connectivity index (χ0v) is 10.8. The number of hydrogen-bond acceptors (Lipinski definition) is 4. The molecule has 0 N–H and O–H groups in total. The Bertz CT molecular complexity index is 363. The average molecular weight is 251 g/mol. The largest absolute Gasteiger partial charge is 0.493 e. The SMILES string of the molecule is COCCCSCCOc1cccc(C#N)c1. The molecule has 0 bridgehead atoms. The van der Waals surface area contributed by atoms with E-state index in [1.54, 1.807) is 19.2 Å². The smallest absolute Gasteiger partial charge is 0.120 e. The zero-order chi connectivity index (χ0) is 12.3. The Morgan fingerprint density at radius 3 is 2.94 bits per heavy atom. The van der Waals surface area contributed by atoms with E-state index in [2.05, 4.69) is 6.07 Å². The molecule has 4 heteroatoms. The van der Waals surface area contributed by atoms with Crippen LogP contribution in [0.4, 0.5) is 0 Å². The third-order valence-electron chi connectivity index (χ3n) is 2.10. The van der Waals surface area contributed by atoms with Gasteiger partial charge in [0.15, 0.2) is 0 Å². The standard InChI is InChI=1S/C13H17NO2S/c1-15-6-3-8-17-9-7-16-13-5-2-4-12(10-13)11-14/h2,4-5,10H,3,6-9H2,1H3. The van der Waals surface area contributed by atoms with Gasteiger partial charge in [0.2, 0.25) is 0 Å². The summed E-state index contributed by atoms with van der Waals surface area (Å²) < 4.78 is 10.5. The average Bonchev–Trinajstić information content (AvgIpc) is 2.38. The highest BCUT2D eigenvalue weighted by molar-refractivity contribution is 7.99. The first-order chi connectivity index (χ1) is 8.36. The minimum Gasteiger partial charge on any atom is -0.493 e. The molecule has 0 aliphatic heterocycles. The van der Waals surface area contributed by atoms with Crippen molar-refractivity contribution >= 4 is 11.8 Å². The molecule has 0 aliphatic rings. The molecule has 0 aliphatic carbocycles. The summed E-state index contributed by atoms with van der Waals surface area (Å²) in [5, 5.41) is 8.73. The second-order valence-electron chi connectivity index (χ2n) is 3.45. The van der Waals surface area contributed by atoms with Crippen LogP contribution in [0.3, 0.4) is 0 Å². The monoisotopic (exact) mass is 251 g/mol. The van der Waals surface area contributed by atoms with E-state index < -0.39 is 0 Å². The van der Waals surface area contributed by atoms with E-state index in [1.165, 1.54) is 0 Å². The molecule has 0 saturated heterocycles. The summed E-state index contributed by atoms with van der Waals surface area (Å²) in [7, 11) is 1.72. The zero-order valence-electron chi connectivity index (χ0n) is 10.0. The molecule has 0 atom stereocenters. The van der Waals surface area contributed by atoms with Crippen molar-refractivity contribution in [3.05, 3.63) is 29.8 Å². The molecule has 1 aromatic rings. The number of nitrogens with zero attached hydrogens (tertiary/aromatic N) is 1. The maximum absolute atomic E-state index is 8.73. The third kappa shape index (κ3) is 6.20. The maximum atomic E-state index is 8.73. The molecule has 3 nitrogen and oxygen atoms in total. The van der Waals surface area contributed by atoms with E-state index in [9.17, 15) is 0 Å². The molecular formula is C13H17NO2S. The van der Waals surface area contributed by atoms with E-state index in [0.29, 0.717) is 12.2 Å². The van der Waals surface area contributed by atoms with Gasteiger partial charge in [-0.1, -0.05) is 6.07 Å². The van der Waals surface area contributed by atoms with Gasteiger partial charge in [0.25, 0.3) is 0 Å². The third-order valence-corrected chi connectivity index (χ3v) is 3.13. The summed E-state index contributed by atoms with van der Waals surface area (Å²) in [5.74, 6) is 2.82. The number of ether oxygens (including phenoxy) is 2. The minimum atomic E-state index is 0.634. The Labute approximate surface area is 107 Å².